The molecule has 1 atom stereocenters. The van der Waals surface area contributed by atoms with E-state index in [1.807, 2.05) is 54.2 Å². The van der Waals surface area contributed by atoms with Crippen molar-refractivity contribution in [2.45, 2.75) is 38.5 Å². The minimum Gasteiger partial charge on any atom is -0.445 e. The lowest BCUT2D eigenvalue weighted by Gasteiger charge is -2.31. The lowest BCUT2D eigenvalue weighted by molar-refractivity contribution is 0.0820. The van der Waals surface area contributed by atoms with Gasteiger partial charge in [-0.2, -0.15) is 5.26 Å². The second-order valence-corrected chi connectivity index (χ2v) is 13.6. The number of fused-ring (bicyclic) bond motifs is 1. The van der Waals surface area contributed by atoms with Crippen LogP contribution in [0.3, 0.4) is 0 Å². The van der Waals surface area contributed by atoms with E-state index >= 15 is 0 Å². The van der Waals surface area contributed by atoms with E-state index in [-0.39, 0.29) is 29.3 Å². The van der Waals surface area contributed by atoms with Crippen LogP contribution in [-0.4, -0.2) is 44.1 Å². The number of piperidine rings is 1. The minimum atomic E-state index is -0.581. The molecule has 0 bridgehead atoms. The molecule has 53 heavy (non-hydrogen) atoms. The van der Waals surface area contributed by atoms with Gasteiger partial charge in [0.05, 0.1) is 45.1 Å². The molecule has 1 fully saturated rings. The third-order valence-corrected chi connectivity index (χ3v) is 9.70. The van der Waals surface area contributed by atoms with E-state index < -0.39 is 11.9 Å². The Morgan fingerprint density at radius 1 is 1.11 bits per heavy atom. The lowest BCUT2D eigenvalue weighted by atomic mass is 10.0. The van der Waals surface area contributed by atoms with E-state index in [4.69, 9.17) is 39.5 Å². The second kappa shape index (κ2) is 16.9. The number of halogens is 4. The van der Waals surface area contributed by atoms with Crippen molar-refractivity contribution < 1.29 is 13.9 Å². The number of ether oxygens (including phenoxy) is 1. The van der Waals surface area contributed by atoms with Crippen LogP contribution in [0, 0.1) is 17.1 Å². The molecule has 1 aliphatic heterocycles. The van der Waals surface area contributed by atoms with Crippen LogP contribution in [0.5, 0.6) is 0 Å². The van der Waals surface area contributed by atoms with Crippen molar-refractivity contribution in [3.8, 4) is 6.07 Å². The zero-order valence-electron chi connectivity index (χ0n) is 28.6. The normalized spacial score (nSPS) is 14.3. The third-order valence-electron chi connectivity index (χ3n) is 8.77. The Kier molecular flexibility index (Phi) is 11.9. The highest BCUT2D eigenvalue weighted by atomic mass is 35.5. The maximum atomic E-state index is 13.9. The van der Waals surface area contributed by atoms with Crippen LogP contribution >= 0.6 is 34.8 Å². The van der Waals surface area contributed by atoms with Crippen molar-refractivity contribution >= 4 is 68.9 Å². The average Bonchev–Trinajstić information content (AvgIpc) is 3.67. The summed E-state index contributed by atoms with van der Waals surface area (Å²) < 4.78 is 21.3. The van der Waals surface area contributed by atoms with Crippen LogP contribution in [-0.2, 0) is 11.3 Å². The van der Waals surface area contributed by atoms with Crippen LogP contribution in [0.25, 0.3) is 10.9 Å². The number of aromatic nitrogens is 4. The lowest BCUT2D eigenvalue weighted by Crippen LogP contribution is -2.39. The van der Waals surface area contributed by atoms with E-state index in [1.54, 1.807) is 29.2 Å². The molecule has 3 heterocycles. The Labute approximate surface area is 321 Å². The van der Waals surface area contributed by atoms with E-state index in [2.05, 4.69) is 38.6 Å². The van der Waals surface area contributed by atoms with Crippen LogP contribution in [0.1, 0.15) is 48.7 Å². The smallest absolute Gasteiger partial charge is 0.410 e. The first kappa shape index (κ1) is 37.4. The number of likely N-dealkylation sites (tertiary alicyclic amines) is 1. The van der Waals surface area contributed by atoms with E-state index in [9.17, 15) is 14.4 Å². The van der Waals surface area contributed by atoms with Crippen LogP contribution in [0.15, 0.2) is 108 Å². The van der Waals surface area contributed by atoms with Crippen LogP contribution < -0.4 is 10.6 Å². The molecule has 0 spiro atoms. The summed E-state index contributed by atoms with van der Waals surface area (Å²) in [7, 11) is 0. The number of pyridine rings is 1. The summed E-state index contributed by atoms with van der Waals surface area (Å²) in [5, 5.41) is 27.0. The van der Waals surface area contributed by atoms with Crippen molar-refractivity contribution in [2.75, 3.05) is 23.7 Å². The van der Waals surface area contributed by atoms with Crippen molar-refractivity contribution in [2.24, 2.45) is 0 Å². The molecule has 2 aromatic heterocycles. The summed E-state index contributed by atoms with van der Waals surface area (Å²) in [5.74, 6) is -0.565. The van der Waals surface area contributed by atoms with E-state index in [1.165, 1.54) is 24.4 Å². The second-order valence-electron chi connectivity index (χ2n) is 12.3. The predicted octanol–water partition coefficient (Wildman–Crippen LogP) is 10.3. The van der Waals surface area contributed by atoms with E-state index in [0.717, 1.165) is 5.56 Å². The maximum Gasteiger partial charge on any atom is 0.410 e. The number of rotatable bonds is 11. The summed E-state index contributed by atoms with van der Waals surface area (Å²) in [5.41, 5.74) is 4.31. The number of hydrogen-bond donors (Lipinski definition) is 2. The molecule has 1 aliphatic rings. The van der Waals surface area contributed by atoms with Gasteiger partial charge in [-0.25, -0.2) is 13.9 Å². The quantitative estimate of drug-likeness (QED) is 0.127. The first-order valence-corrected chi connectivity index (χ1v) is 17.8. The fourth-order valence-electron chi connectivity index (χ4n) is 5.91. The fourth-order valence-corrected chi connectivity index (χ4v) is 6.42. The molecule has 2 N–H and O–H groups in total. The topological polar surface area (TPSA) is 121 Å². The molecular weight excluding hydrogens is 738 g/mol. The number of nitrogens with one attached hydrogen (secondary N) is 2. The highest BCUT2D eigenvalue weighted by Gasteiger charge is 2.27. The third kappa shape index (κ3) is 8.98. The Hall–Kier alpha value is -5.41. The number of hydrogen-bond acceptors (Lipinski definition) is 8. The molecule has 0 unspecified atom stereocenters. The van der Waals surface area contributed by atoms with Gasteiger partial charge in [0, 0.05) is 41.1 Å². The van der Waals surface area contributed by atoms with E-state index in [0.29, 0.717) is 75.2 Å². The largest absolute Gasteiger partial charge is 0.445 e. The monoisotopic (exact) mass is 770 g/mol. The maximum absolute atomic E-state index is 13.9. The molecule has 0 aliphatic carbocycles. The minimum absolute atomic E-state index is 0.00976. The van der Waals surface area contributed by atoms with Crippen LogP contribution in [0.2, 0.25) is 10.0 Å². The number of carbonyl (C=O) groups excluding carboxylic acids is 1. The molecule has 14 heteroatoms. The van der Waals surface area contributed by atoms with Crippen molar-refractivity contribution in [3.05, 3.63) is 141 Å². The Morgan fingerprint density at radius 2 is 1.87 bits per heavy atom. The van der Waals surface area contributed by atoms with Crippen molar-refractivity contribution in [1.82, 2.24) is 24.9 Å². The van der Waals surface area contributed by atoms with Gasteiger partial charge in [0.2, 0.25) is 0 Å². The van der Waals surface area contributed by atoms with Crippen molar-refractivity contribution in [3.63, 3.8) is 0 Å². The Bertz CT molecular complexity index is 2250. The molecule has 0 saturated carbocycles. The van der Waals surface area contributed by atoms with Gasteiger partial charge in [-0.3, -0.25) is 4.98 Å². The number of allylic oxidation sites excluding steroid dienone is 3. The Morgan fingerprint density at radius 3 is 2.58 bits per heavy atom. The molecule has 1 saturated heterocycles. The van der Waals surface area contributed by atoms with Gasteiger partial charge in [-0.05, 0) is 67.3 Å². The number of nitriles is 1. The van der Waals surface area contributed by atoms with Crippen molar-refractivity contribution in [1.29, 1.82) is 5.26 Å². The molecule has 5 aromatic rings. The van der Waals surface area contributed by atoms with Gasteiger partial charge in [-0.1, -0.05) is 89.1 Å². The highest BCUT2D eigenvalue weighted by Crippen LogP contribution is 2.37. The average molecular weight is 772 g/mol. The standard InChI is InChI=1S/C39H34Cl3FN8O2/c1-3-27(40)10-9-24(2)36(35-22-51(49-48-35)30-13-15-50(16-14-30)39(52)53-23-25-7-5-4-6-8-25)47-29-17-31-37(46-28-11-12-34(43)32(41)18-28)26(20-44)21-45-38(31)33(42)19-29/h3-12,17-19,21-22,30,36,47H,2,13-16,23H2,1H3,(H,45,46)/b10-9-,27-3+/t36-/m0/s1. The number of carbonyl (C=O) groups is 1. The summed E-state index contributed by atoms with van der Waals surface area (Å²) in [6.45, 7) is 7.39. The summed E-state index contributed by atoms with van der Waals surface area (Å²) in [6, 6.07) is 18.9. The fraction of sp³-hybridized carbons (Fsp3) is 0.205. The molecule has 3 aromatic carbocycles. The molecular formula is C39H34Cl3FN8O2. The number of benzene rings is 3. The SMILES string of the molecule is C=C(/C=C\C(Cl)=C/C)[C@H](Nc1cc(Cl)c2ncc(C#N)c(Nc3ccc(F)c(Cl)c3)c2c1)c1cn(C2CCN(C(=O)OCc3ccccc3)CC2)nn1. The number of amides is 1. The molecule has 0 radical (unpaired) electrons. The zero-order chi connectivity index (χ0) is 37.5. The summed E-state index contributed by atoms with van der Waals surface area (Å²) in [4.78, 5) is 18.9. The van der Waals surface area contributed by atoms with Gasteiger partial charge in [0.1, 0.15) is 24.2 Å². The molecule has 6 rings (SSSR count). The van der Waals surface area contributed by atoms with Crippen LogP contribution in [0.4, 0.5) is 26.2 Å². The van der Waals surface area contributed by atoms with Gasteiger partial charge in [0.25, 0.3) is 0 Å². The van der Waals surface area contributed by atoms with Gasteiger partial charge in [0.15, 0.2) is 0 Å². The van der Waals surface area contributed by atoms with Gasteiger partial charge < -0.3 is 20.3 Å². The van der Waals surface area contributed by atoms with Gasteiger partial charge >= 0.3 is 6.09 Å². The molecule has 270 valence electrons. The zero-order valence-corrected chi connectivity index (χ0v) is 30.8. The van der Waals surface area contributed by atoms with Gasteiger partial charge in [-0.15, -0.1) is 5.10 Å². The first-order chi connectivity index (χ1) is 25.6. The summed E-state index contributed by atoms with van der Waals surface area (Å²) >= 11 is 19.1. The predicted molar refractivity (Wildman–Crippen MR) is 207 cm³/mol. The summed E-state index contributed by atoms with van der Waals surface area (Å²) in [6.07, 6.45) is 9.58. The number of anilines is 3. The first-order valence-electron chi connectivity index (χ1n) is 16.7. The highest BCUT2D eigenvalue weighted by molar-refractivity contribution is 6.36. The molecule has 1 amide bonds. The number of nitrogens with zero attached hydrogens (tertiary/aromatic N) is 6. The molecule has 10 nitrogen and oxygen atoms in total. The Balaban J connectivity index is 1.25.